The predicted octanol–water partition coefficient (Wildman–Crippen LogP) is 3.18. The first-order chi connectivity index (χ1) is 14.5. The summed E-state index contributed by atoms with van der Waals surface area (Å²) in [5.74, 6) is 1.58. The van der Waals surface area contributed by atoms with Gasteiger partial charge in [-0.25, -0.2) is 4.98 Å². The standard InChI is InChI=1S/C22H26N6O2/c1-14-16(3)30-21(17(14)13-23)26-20(29)15(2)27-9-6-10-28(12-11-27)22-24-18-7-4-5-8-19(18)25-22/h4-5,7-8,15H,6,9-12H2,1-3H3,(H,24,25)(H,26,29). The zero-order chi connectivity index (χ0) is 21.3. The number of carbonyl (C=O) groups is 1. The number of anilines is 2. The number of para-hydroxylation sites is 2. The van der Waals surface area contributed by atoms with E-state index in [9.17, 15) is 10.1 Å². The third kappa shape index (κ3) is 3.76. The third-order valence-corrected chi connectivity index (χ3v) is 5.87. The Kier molecular flexibility index (Phi) is 5.46. The summed E-state index contributed by atoms with van der Waals surface area (Å²) in [6.07, 6.45) is 0.928. The molecule has 8 heteroatoms. The second-order valence-corrected chi connectivity index (χ2v) is 7.72. The molecule has 1 aromatic carbocycles. The first kappa shape index (κ1) is 20.0. The summed E-state index contributed by atoms with van der Waals surface area (Å²) in [4.78, 5) is 25.3. The Morgan fingerprint density at radius 1 is 1.27 bits per heavy atom. The number of carbonyl (C=O) groups excluding carboxylic acids is 1. The molecule has 3 heterocycles. The van der Waals surface area contributed by atoms with E-state index in [0.29, 0.717) is 11.3 Å². The normalized spacial score (nSPS) is 16.3. The molecule has 1 fully saturated rings. The highest BCUT2D eigenvalue weighted by Crippen LogP contribution is 2.26. The van der Waals surface area contributed by atoms with Gasteiger partial charge in [0.1, 0.15) is 17.4 Å². The van der Waals surface area contributed by atoms with Crippen LogP contribution in [0.25, 0.3) is 11.0 Å². The minimum absolute atomic E-state index is 0.169. The number of nitriles is 1. The predicted molar refractivity (Wildman–Crippen MR) is 115 cm³/mol. The van der Waals surface area contributed by atoms with E-state index >= 15 is 0 Å². The number of aryl methyl sites for hydroxylation is 1. The molecule has 2 N–H and O–H groups in total. The van der Waals surface area contributed by atoms with E-state index in [1.54, 1.807) is 6.92 Å². The zero-order valence-corrected chi connectivity index (χ0v) is 17.5. The maximum absolute atomic E-state index is 12.8. The van der Waals surface area contributed by atoms with Crippen molar-refractivity contribution in [2.45, 2.75) is 33.2 Å². The monoisotopic (exact) mass is 406 g/mol. The lowest BCUT2D eigenvalue weighted by Gasteiger charge is -2.26. The van der Waals surface area contributed by atoms with Crippen LogP contribution in [0.15, 0.2) is 28.7 Å². The van der Waals surface area contributed by atoms with E-state index in [-0.39, 0.29) is 17.8 Å². The molecular formula is C22H26N6O2. The smallest absolute Gasteiger partial charge is 0.243 e. The van der Waals surface area contributed by atoms with E-state index < -0.39 is 0 Å². The zero-order valence-electron chi connectivity index (χ0n) is 17.5. The molecule has 30 heavy (non-hydrogen) atoms. The van der Waals surface area contributed by atoms with Gasteiger partial charge in [0, 0.05) is 31.7 Å². The molecular weight excluding hydrogens is 380 g/mol. The van der Waals surface area contributed by atoms with Gasteiger partial charge in [0.25, 0.3) is 0 Å². The van der Waals surface area contributed by atoms with Gasteiger partial charge in [-0.1, -0.05) is 12.1 Å². The molecule has 2 aromatic heterocycles. The molecule has 3 aromatic rings. The van der Waals surface area contributed by atoms with Gasteiger partial charge in [-0.3, -0.25) is 15.0 Å². The van der Waals surface area contributed by atoms with Gasteiger partial charge < -0.3 is 14.3 Å². The average Bonchev–Trinajstić information content (AvgIpc) is 3.17. The van der Waals surface area contributed by atoms with Gasteiger partial charge in [-0.15, -0.1) is 0 Å². The number of hydrogen-bond donors (Lipinski definition) is 2. The summed E-state index contributed by atoms with van der Waals surface area (Å²) < 4.78 is 5.58. The highest BCUT2D eigenvalue weighted by atomic mass is 16.4. The Hall–Kier alpha value is -3.31. The van der Waals surface area contributed by atoms with E-state index in [0.717, 1.165) is 55.1 Å². The highest BCUT2D eigenvalue weighted by molar-refractivity contribution is 5.94. The second-order valence-electron chi connectivity index (χ2n) is 7.72. The van der Waals surface area contributed by atoms with Crippen LogP contribution in [-0.2, 0) is 4.79 Å². The number of rotatable bonds is 4. The molecule has 1 atom stereocenters. The van der Waals surface area contributed by atoms with Crippen molar-refractivity contribution in [2.24, 2.45) is 0 Å². The number of H-pyrrole nitrogens is 1. The number of fused-ring (bicyclic) bond motifs is 1. The second kappa shape index (κ2) is 8.20. The summed E-state index contributed by atoms with van der Waals surface area (Å²) in [7, 11) is 0. The van der Waals surface area contributed by atoms with E-state index in [1.165, 1.54) is 0 Å². The van der Waals surface area contributed by atoms with Gasteiger partial charge >= 0.3 is 0 Å². The summed E-state index contributed by atoms with van der Waals surface area (Å²) >= 11 is 0. The summed E-state index contributed by atoms with van der Waals surface area (Å²) in [5, 5.41) is 12.2. The van der Waals surface area contributed by atoms with Crippen LogP contribution in [0, 0.1) is 25.2 Å². The van der Waals surface area contributed by atoms with E-state index in [4.69, 9.17) is 9.40 Å². The van der Waals surface area contributed by atoms with Gasteiger partial charge in [0.05, 0.1) is 17.1 Å². The summed E-state index contributed by atoms with van der Waals surface area (Å²) in [6, 6.07) is 9.78. The van der Waals surface area contributed by atoms with Crippen LogP contribution in [0.5, 0.6) is 0 Å². The molecule has 1 unspecified atom stereocenters. The van der Waals surface area contributed by atoms with Crippen molar-refractivity contribution >= 4 is 28.8 Å². The average molecular weight is 406 g/mol. The number of imidazole rings is 1. The van der Waals surface area contributed by atoms with Gasteiger partial charge in [-0.05, 0) is 39.3 Å². The Bertz CT molecular complexity index is 1080. The van der Waals surface area contributed by atoms with Crippen molar-refractivity contribution in [1.82, 2.24) is 14.9 Å². The number of aromatic nitrogens is 2. The molecule has 0 radical (unpaired) electrons. The first-order valence-corrected chi connectivity index (χ1v) is 10.2. The molecule has 1 aliphatic heterocycles. The molecule has 0 spiro atoms. The van der Waals surface area contributed by atoms with Crippen molar-refractivity contribution in [3.05, 3.63) is 41.2 Å². The lowest BCUT2D eigenvalue weighted by atomic mass is 10.2. The van der Waals surface area contributed by atoms with Crippen molar-refractivity contribution in [1.29, 1.82) is 5.26 Å². The Labute approximate surface area is 175 Å². The summed E-state index contributed by atoms with van der Waals surface area (Å²) in [5.41, 5.74) is 3.13. The molecule has 8 nitrogen and oxygen atoms in total. The highest BCUT2D eigenvalue weighted by Gasteiger charge is 2.27. The van der Waals surface area contributed by atoms with Crippen molar-refractivity contribution in [3.8, 4) is 6.07 Å². The Morgan fingerprint density at radius 3 is 2.83 bits per heavy atom. The number of amides is 1. The van der Waals surface area contributed by atoms with E-state index in [1.807, 2.05) is 38.1 Å². The number of furan rings is 1. The number of nitrogens with one attached hydrogen (secondary N) is 2. The molecule has 1 amide bonds. The fourth-order valence-electron chi connectivity index (χ4n) is 3.86. The maximum Gasteiger partial charge on any atom is 0.243 e. The van der Waals surface area contributed by atoms with Gasteiger partial charge in [0.2, 0.25) is 17.7 Å². The van der Waals surface area contributed by atoms with Crippen molar-refractivity contribution < 1.29 is 9.21 Å². The molecule has 0 aliphatic carbocycles. The van der Waals surface area contributed by atoms with Gasteiger partial charge in [0.15, 0.2) is 0 Å². The van der Waals surface area contributed by atoms with Crippen LogP contribution in [0.4, 0.5) is 11.8 Å². The lowest BCUT2D eigenvalue weighted by Crippen LogP contribution is -2.44. The first-order valence-electron chi connectivity index (χ1n) is 10.2. The third-order valence-electron chi connectivity index (χ3n) is 5.87. The molecule has 4 rings (SSSR count). The topological polar surface area (TPSA) is 101 Å². The number of aromatic amines is 1. The van der Waals surface area contributed by atoms with Crippen molar-refractivity contribution in [2.75, 3.05) is 36.4 Å². The minimum atomic E-state index is -0.335. The number of nitrogens with zero attached hydrogens (tertiary/aromatic N) is 4. The molecule has 0 bridgehead atoms. The molecule has 1 aliphatic rings. The van der Waals surface area contributed by atoms with Crippen LogP contribution in [0.2, 0.25) is 0 Å². The maximum atomic E-state index is 12.8. The van der Waals surface area contributed by atoms with Crippen molar-refractivity contribution in [3.63, 3.8) is 0 Å². The lowest BCUT2D eigenvalue weighted by molar-refractivity contribution is -0.120. The van der Waals surface area contributed by atoms with Crippen LogP contribution in [0.1, 0.15) is 30.2 Å². The SMILES string of the molecule is Cc1oc(NC(=O)C(C)N2CCCN(c3nc4ccccc4[nH]3)CC2)c(C#N)c1C. The van der Waals surface area contributed by atoms with Crippen LogP contribution >= 0.6 is 0 Å². The fourth-order valence-corrected chi connectivity index (χ4v) is 3.86. The summed E-state index contributed by atoms with van der Waals surface area (Å²) in [6.45, 7) is 8.70. The van der Waals surface area contributed by atoms with E-state index in [2.05, 4.69) is 26.2 Å². The van der Waals surface area contributed by atoms with Crippen LogP contribution < -0.4 is 10.2 Å². The molecule has 1 saturated heterocycles. The number of benzene rings is 1. The molecule has 0 saturated carbocycles. The minimum Gasteiger partial charge on any atom is -0.444 e. The van der Waals surface area contributed by atoms with Crippen LogP contribution in [-0.4, -0.2) is 53.0 Å². The quantitative estimate of drug-likeness (QED) is 0.690. The Morgan fingerprint density at radius 2 is 2.07 bits per heavy atom. The fraction of sp³-hybridized carbons (Fsp3) is 0.409. The van der Waals surface area contributed by atoms with Crippen LogP contribution in [0.3, 0.4) is 0 Å². The largest absolute Gasteiger partial charge is 0.444 e. The Balaban J connectivity index is 1.42. The van der Waals surface area contributed by atoms with Gasteiger partial charge in [-0.2, -0.15) is 5.26 Å². The number of hydrogen-bond acceptors (Lipinski definition) is 6. The molecule has 156 valence electrons.